The van der Waals surface area contributed by atoms with Crippen molar-refractivity contribution in [3.63, 3.8) is 0 Å². The molecule has 17 heavy (non-hydrogen) atoms. The van der Waals surface area contributed by atoms with Gasteiger partial charge in [-0.2, -0.15) is 0 Å². The molecular weight excluding hydrogens is 284 g/mol. The van der Waals surface area contributed by atoms with Gasteiger partial charge in [-0.15, -0.1) is 0 Å². The summed E-state index contributed by atoms with van der Waals surface area (Å²) in [7, 11) is 0. The van der Waals surface area contributed by atoms with Crippen molar-refractivity contribution in [3.8, 4) is 5.75 Å². The molecule has 0 spiro atoms. The number of phenolic OH excluding ortho intramolecular Hbond substituents is 1. The van der Waals surface area contributed by atoms with E-state index in [1.165, 1.54) is 6.07 Å². The second kappa shape index (κ2) is 4.97. The second-order valence-corrected chi connectivity index (χ2v) is 4.27. The Morgan fingerprint density at radius 1 is 1.24 bits per heavy atom. The van der Waals surface area contributed by atoms with Gasteiger partial charge in [0.1, 0.15) is 5.75 Å². The molecule has 0 atom stereocenters. The number of carbonyl (C=O) groups excluding carboxylic acids is 1. The molecule has 1 aromatic carbocycles. The maximum absolute atomic E-state index is 11.9. The number of benzene rings is 1. The van der Waals surface area contributed by atoms with Crippen LogP contribution in [0.5, 0.6) is 5.75 Å². The Hall–Kier alpha value is -1.88. The molecule has 1 heterocycles. The van der Waals surface area contributed by atoms with E-state index in [1.54, 1.807) is 36.7 Å². The normalized spacial score (nSPS) is 9.94. The zero-order valence-electron chi connectivity index (χ0n) is 8.72. The summed E-state index contributed by atoms with van der Waals surface area (Å²) in [5.74, 6) is -0.422. The first kappa shape index (κ1) is 11.6. The Morgan fingerprint density at radius 3 is 2.65 bits per heavy atom. The first-order chi connectivity index (χ1) is 8.16. The van der Waals surface area contributed by atoms with Gasteiger partial charge in [-0.25, -0.2) is 0 Å². The second-order valence-electron chi connectivity index (χ2n) is 3.35. The van der Waals surface area contributed by atoms with Gasteiger partial charge in [0.25, 0.3) is 5.91 Å². The van der Waals surface area contributed by atoms with Gasteiger partial charge in [0.2, 0.25) is 0 Å². The fourth-order valence-electron chi connectivity index (χ4n) is 1.32. The number of halogens is 1. The fourth-order valence-corrected chi connectivity index (χ4v) is 1.68. The lowest BCUT2D eigenvalue weighted by molar-refractivity contribution is 0.102. The average molecular weight is 293 g/mol. The maximum Gasteiger partial charge on any atom is 0.259 e. The van der Waals surface area contributed by atoms with Crippen LogP contribution < -0.4 is 5.32 Å². The molecule has 0 unspecified atom stereocenters. The SMILES string of the molecule is O=C(Nc1ccncc1)c1cc(Br)ccc1O. The number of hydrogen-bond acceptors (Lipinski definition) is 3. The van der Waals surface area contributed by atoms with Gasteiger partial charge in [-0.3, -0.25) is 9.78 Å². The fraction of sp³-hybridized carbons (Fsp3) is 0. The van der Waals surface area contributed by atoms with E-state index in [2.05, 4.69) is 26.2 Å². The molecule has 5 heteroatoms. The van der Waals surface area contributed by atoms with E-state index in [9.17, 15) is 9.90 Å². The number of aromatic hydroxyl groups is 1. The number of rotatable bonds is 2. The number of carbonyl (C=O) groups is 1. The van der Waals surface area contributed by atoms with Crippen molar-refractivity contribution < 1.29 is 9.90 Å². The smallest absolute Gasteiger partial charge is 0.259 e. The molecule has 2 rings (SSSR count). The lowest BCUT2D eigenvalue weighted by atomic mass is 10.2. The van der Waals surface area contributed by atoms with E-state index in [1.807, 2.05) is 0 Å². The standard InChI is InChI=1S/C12H9BrN2O2/c13-8-1-2-11(16)10(7-8)12(17)15-9-3-5-14-6-4-9/h1-7,16H,(H,14,15,17). The Labute approximate surface area is 106 Å². The van der Waals surface area contributed by atoms with Gasteiger partial charge in [-0.1, -0.05) is 15.9 Å². The highest BCUT2D eigenvalue weighted by Gasteiger charge is 2.11. The van der Waals surface area contributed by atoms with Gasteiger partial charge < -0.3 is 10.4 Å². The third kappa shape index (κ3) is 2.82. The largest absolute Gasteiger partial charge is 0.507 e. The summed E-state index contributed by atoms with van der Waals surface area (Å²) in [6.07, 6.45) is 3.16. The van der Waals surface area contributed by atoms with E-state index in [0.29, 0.717) is 5.69 Å². The number of phenols is 1. The molecule has 2 aromatic rings. The van der Waals surface area contributed by atoms with Crippen molar-refractivity contribution in [2.75, 3.05) is 5.32 Å². The molecule has 0 aliphatic heterocycles. The van der Waals surface area contributed by atoms with Gasteiger partial charge in [-0.05, 0) is 30.3 Å². The molecule has 0 saturated carbocycles. The molecular formula is C12H9BrN2O2. The van der Waals surface area contributed by atoms with Crippen molar-refractivity contribution in [2.24, 2.45) is 0 Å². The minimum atomic E-state index is -0.366. The van der Waals surface area contributed by atoms with E-state index in [-0.39, 0.29) is 17.2 Å². The van der Waals surface area contributed by atoms with Crippen LogP contribution in [0.2, 0.25) is 0 Å². The van der Waals surface area contributed by atoms with Gasteiger partial charge in [0.15, 0.2) is 0 Å². The number of aromatic nitrogens is 1. The van der Waals surface area contributed by atoms with Crippen molar-refractivity contribution in [1.82, 2.24) is 4.98 Å². The molecule has 86 valence electrons. The van der Waals surface area contributed by atoms with Crippen LogP contribution in [0.4, 0.5) is 5.69 Å². The van der Waals surface area contributed by atoms with Crippen LogP contribution in [-0.2, 0) is 0 Å². The number of anilines is 1. The molecule has 0 aliphatic carbocycles. The van der Waals surface area contributed by atoms with Crippen molar-refractivity contribution in [1.29, 1.82) is 0 Å². The third-order valence-electron chi connectivity index (χ3n) is 2.14. The zero-order chi connectivity index (χ0) is 12.3. The van der Waals surface area contributed by atoms with Crippen LogP contribution in [0, 0.1) is 0 Å². The summed E-state index contributed by atoms with van der Waals surface area (Å²) in [5, 5.41) is 12.3. The van der Waals surface area contributed by atoms with Crippen LogP contribution in [0.3, 0.4) is 0 Å². The molecule has 0 radical (unpaired) electrons. The zero-order valence-corrected chi connectivity index (χ0v) is 10.3. The maximum atomic E-state index is 11.9. The van der Waals surface area contributed by atoms with Crippen LogP contribution >= 0.6 is 15.9 Å². The van der Waals surface area contributed by atoms with Crippen LogP contribution in [0.25, 0.3) is 0 Å². The Bertz CT molecular complexity index is 543. The molecule has 0 fully saturated rings. The molecule has 2 N–H and O–H groups in total. The number of nitrogens with one attached hydrogen (secondary N) is 1. The van der Waals surface area contributed by atoms with E-state index < -0.39 is 0 Å². The summed E-state index contributed by atoms with van der Waals surface area (Å²) in [5.41, 5.74) is 0.848. The number of nitrogens with zero attached hydrogens (tertiary/aromatic N) is 1. The first-order valence-electron chi connectivity index (χ1n) is 4.87. The Balaban J connectivity index is 2.23. The third-order valence-corrected chi connectivity index (χ3v) is 2.63. The lowest BCUT2D eigenvalue weighted by Gasteiger charge is -2.06. The molecule has 1 amide bonds. The minimum absolute atomic E-state index is 0.0558. The summed E-state index contributed by atoms with van der Waals surface area (Å²) >= 11 is 3.25. The summed E-state index contributed by atoms with van der Waals surface area (Å²) in [6.45, 7) is 0. The topological polar surface area (TPSA) is 62.2 Å². The molecule has 1 aromatic heterocycles. The van der Waals surface area contributed by atoms with Gasteiger partial charge in [0, 0.05) is 22.6 Å². The highest BCUT2D eigenvalue weighted by Crippen LogP contribution is 2.22. The monoisotopic (exact) mass is 292 g/mol. The average Bonchev–Trinajstić information content (AvgIpc) is 2.33. The van der Waals surface area contributed by atoms with Crippen LogP contribution in [0.15, 0.2) is 47.2 Å². The van der Waals surface area contributed by atoms with Gasteiger partial charge in [0.05, 0.1) is 5.56 Å². The van der Waals surface area contributed by atoms with Crippen LogP contribution in [0.1, 0.15) is 10.4 Å². The number of pyridine rings is 1. The predicted molar refractivity (Wildman–Crippen MR) is 68.0 cm³/mol. The predicted octanol–water partition coefficient (Wildman–Crippen LogP) is 2.80. The highest BCUT2D eigenvalue weighted by atomic mass is 79.9. The molecule has 0 bridgehead atoms. The van der Waals surface area contributed by atoms with E-state index in [4.69, 9.17) is 0 Å². The van der Waals surface area contributed by atoms with Crippen molar-refractivity contribution >= 4 is 27.5 Å². The van der Waals surface area contributed by atoms with E-state index in [0.717, 1.165) is 4.47 Å². The first-order valence-corrected chi connectivity index (χ1v) is 5.66. The molecule has 0 aliphatic rings. The highest BCUT2D eigenvalue weighted by molar-refractivity contribution is 9.10. The van der Waals surface area contributed by atoms with E-state index >= 15 is 0 Å². The molecule has 4 nitrogen and oxygen atoms in total. The minimum Gasteiger partial charge on any atom is -0.507 e. The van der Waals surface area contributed by atoms with Crippen molar-refractivity contribution in [3.05, 3.63) is 52.8 Å². The number of hydrogen-bond donors (Lipinski definition) is 2. The summed E-state index contributed by atoms with van der Waals surface area (Å²) < 4.78 is 0.732. The lowest BCUT2D eigenvalue weighted by Crippen LogP contribution is -2.12. The van der Waals surface area contributed by atoms with Gasteiger partial charge >= 0.3 is 0 Å². The quantitative estimate of drug-likeness (QED) is 0.895. The van der Waals surface area contributed by atoms with Crippen molar-refractivity contribution in [2.45, 2.75) is 0 Å². The summed E-state index contributed by atoms with van der Waals surface area (Å²) in [4.78, 5) is 15.7. The Morgan fingerprint density at radius 2 is 1.94 bits per heavy atom. The number of amides is 1. The van der Waals surface area contributed by atoms with Crippen LogP contribution in [-0.4, -0.2) is 16.0 Å². The molecule has 0 saturated heterocycles. The Kier molecular flexibility index (Phi) is 3.39. The summed E-state index contributed by atoms with van der Waals surface area (Å²) in [6, 6.07) is 8.04.